The van der Waals surface area contributed by atoms with Crippen molar-refractivity contribution in [3.63, 3.8) is 0 Å². The van der Waals surface area contributed by atoms with Crippen LogP contribution in [-0.2, 0) is 11.2 Å². The Kier molecular flexibility index (Phi) is 4.15. The molecule has 0 spiro atoms. The molecule has 0 radical (unpaired) electrons. The molecule has 1 atom stereocenters. The van der Waals surface area contributed by atoms with E-state index >= 15 is 0 Å². The first-order chi connectivity index (χ1) is 11.5. The first kappa shape index (κ1) is 15.5. The van der Waals surface area contributed by atoms with Gasteiger partial charge in [-0.25, -0.2) is 9.78 Å². The van der Waals surface area contributed by atoms with Crippen molar-refractivity contribution in [2.45, 2.75) is 12.5 Å². The van der Waals surface area contributed by atoms with Crippen LogP contribution in [0.15, 0.2) is 53.3 Å². The molecule has 3 aromatic rings. The van der Waals surface area contributed by atoms with Gasteiger partial charge in [0.2, 0.25) is 0 Å². The van der Waals surface area contributed by atoms with Gasteiger partial charge in [-0.15, -0.1) is 0 Å². The number of nitrogens with zero attached hydrogens (tertiary/aromatic N) is 1. The van der Waals surface area contributed by atoms with E-state index in [1.165, 1.54) is 24.6 Å². The van der Waals surface area contributed by atoms with Gasteiger partial charge in [0.05, 0.1) is 0 Å². The number of hydrogen-bond acceptors (Lipinski definition) is 5. The summed E-state index contributed by atoms with van der Waals surface area (Å²) in [5.41, 5.74) is 2.05. The van der Waals surface area contributed by atoms with Gasteiger partial charge in [0, 0.05) is 12.0 Å². The number of carboxylic acids is 1. The lowest BCUT2D eigenvalue weighted by Gasteiger charge is -2.14. The molecule has 3 rings (SSSR count). The summed E-state index contributed by atoms with van der Waals surface area (Å²) < 4.78 is 5.10. The number of aliphatic carboxylic acids is 1. The van der Waals surface area contributed by atoms with Gasteiger partial charge in [-0.3, -0.25) is 4.79 Å². The lowest BCUT2D eigenvalue weighted by molar-refractivity contribution is -0.139. The first-order valence-electron chi connectivity index (χ1n) is 7.18. The number of hydrogen-bond donors (Lipinski definition) is 3. The second-order valence-corrected chi connectivity index (χ2v) is 5.27. The molecular formula is C17H14N2O5. The maximum absolute atomic E-state index is 12.3. The molecule has 7 heteroatoms. The van der Waals surface area contributed by atoms with Crippen LogP contribution in [0.2, 0.25) is 0 Å². The van der Waals surface area contributed by atoms with Crippen molar-refractivity contribution in [1.29, 1.82) is 0 Å². The highest BCUT2D eigenvalue weighted by atomic mass is 16.4. The summed E-state index contributed by atoms with van der Waals surface area (Å²) in [7, 11) is 0. The van der Waals surface area contributed by atoms with Crippen LogP contribution in [0.25, 0.3) is 11.1 Å². The van der Waals surface area contributed by atoms with Crippen molar-refractivity contribution in [2.75, 3.05) is 0 Å². The number of carbonyl (C=O) groups is 2. The monoisotopic (exact) mass is 326 g/mol. The van der Waals surface area contributed by atoms with E-state index in [0.717, 1.165) is 0 Å². The Labute approximate surface area is 136 Å². The van der Waals surface area contributed by atoms with Gasteiger partial charge in [-0.1, -0.05) is 12.1 Å². The van der Waals surface area contributed by atoms with E-state index in [1.807, 2.05) is 0 Å². The number of amides is 1. The number of carbonyl (C=O) groups excluding carboxylic acids is 1. The molecule has 1 unspecified atom stereocenters. The van der Waals surface area contributed by atoms with Crippen molar-refractivity contribution in [2.24, 2.45) is 0 Å². The highest BCUT2D eigenvalue weighted by Gasteiger charge is 2.21. The number of aromatic nitrogens is 1. The van der Waals surface area contributed by atoms with E-state index < -0.39 is 17.9 Å². The first-order valence-corrected chi connectivity index (χ1v) is 7.18. The molecule has 1 heterocycles. The number of nitrogens with one attached hydrogen (secondary N) is 1. The Morgan fingerprint density at radius 3 is 2.62 bits per heavy atom. The van der Waals surface area contributed by atoms with E-state index in [2.05, 4.69) is 10.3 Å². The van der Waals surface area contributed by atoms with E-state index in [0.29, 0.717) is 22.2 Å². The van der Waals surface area contributed by atoms with Crippen LogP contribution in [0, 0.1) is 0 Å². The number of oxazole rings is 1. The predicted molar refractivity (Wildman–Crippen MR) is 84.7 cm³/mol. The Morgan fingerprint density at radius 2 is 1.92 bits per heavy atom. The lowest BCUT2D eigenvalue weighted by atomic mass is 10.1. The molecule has 0 saturated heterocycles. The minimum atomic E-state index is -1.14. The molecule has 0 fully saturated rings. The van der Waals surface area contributed by atoms with Gasteiger partial charge >= 0.3 is 5.97 Å². The van der Waals surface area contributed by atoms with Crippen molar-refractivity contribution >= 4 is 23.0 Å². The summed E-state index contributed by atoms with van der Waals surface area (Å²) in [5.74, 6) is -1.56. The molecule has 0 aliphatic carbocycles. The van der Waals surface area contributed by atoms with Crippen LogP contribution < -0.4 is 5.32 Å². The molecule has 7 nitrogen and oxygen atoms in total. The Hall–Kier alpha value is -3.35. The van der Waals surface area contributed by atoms with Crippen molar-refractivity contribution in [3.05, 3.63) is 60.0 Å². The molecule has 0 saturated carbocycles. The molecule has 122 valence electrons. The van der Waals surface area contributed by atoms with Gasteiger partial charge in [-0.05, 0) is 35.9 Å². The standard InChI is InChI=1S/C17H14N2O5/c20-12-4-1-10(2-5-12)7-14(17(22)23)19-16(21)11-3-6-15-13(8-11)18-9-24-15/h1-6,8-9,14,20H,7H2,(H,19,21)(H,22,23). The lowest BCUT2D eigenvalue weighted by Crippen LogP contribution is -2.42. The van der Waals surface area contributed by atoms with E-state index in [4.69, 9.17) is 4.42 Å². The fourth-order valence-electron chi connectivity index (χ4n) is 2.31. The van der Waals surface area contributed by atoms with Crippen molar-refractivity contribution in [3.8, 4) is 5.75 Å². The quantitative estimate of drug-likeness (QED) is 0.660. The normalized spacial score (nSPS) is 12.0. The van der Waals surface area contributed by atoms with Crippen LogP contribution in [0.4, 0.5) is 0 Å². The number of benzene rings is 2. The van der Waals surface area contributed by atoms with E-state index in [-0.39, 0.29) is 12.2 Å². The van der Waals surface area contributed by atoms with Crippen LogP contribution in [-0.4, -0.2) is 33.1 Å². The summed E-state index contributed by atoms with van der Waals surface area (Å²) in [6.45, 7) is 0. The zero-order valence-corrected chi connectivity index (χ0v) is 12.5. The van der Waals surface area contributed by atoms with Crippen LogP contribution in [0.5, 0.6) is 5.75 Å². The second-order valence-electron chi connectivity index (χ2n) is 5.27. The van der Waals surface area contributed by atoms with E-state index in [1.54, 1.807) is 24.3 Å². The summed E-state index contributed by atoms with van der Waals surface area (Å²) in [6, 6.07) is 9.75. The van der Waals surface area contributed by atoms with Crippen molar-refractivity contribution in [1.82, 2.24) is 10.3 Å². The van der Waals surface area contributed by atoms with Gasteiger partial charge in [0.1, 0.15) is 17.3 Å². The number of phenolic OH excluding ortho intramolecular Hbond substituents is 1. The Balaban J connectivity index is 1.75. The van der Waals surface area contributed by atoms with Crippen LogP contribution >= 0.6 is 0 Å². The number of aromatic hydroxyl groups is 1. The second kappa shape index (κ2) is 6.41. The highest BCUT2D eigenvalue weighted by Crippen LogP contribution is 2.15. The van der Waals surface area contributed by atoms with Crippen LogP contribution in [0.1, 0.15) is 15.9 Å². The third-order valence-electron chi connectivity index (χ3n) is 3.57. The molecule has 2 aromatic carbocycles. The summed E-state index contributed by atoms with van der Waals surface area (Å²) in [6.07, 6.45) is 1.38. The smallest absolute Gasteiger partial charge is 0.326 e. The molecule has 3 N–H and O–H groups in total. The maximum atomic E-state index is 12.3. The minimum Gasteiger partial charge on any atom is -0.508 e. The number of carboxylic acid groups (broad SMARTS) is 1. The molecule has 0 aliphatic rings. The summed E-state index contributed by atoms with van der Waals surface area (Å²) in [4.78, 5) is 27.7. The maximum Gasteiger partial charge on any atom is 0.326 e. The number of phenols is 1. The average molecular weight is 326 g/mol. The zero-order chi connectivity index (χ0) is 17.1. The molecule has 1 aromatic heterocycles. The Morgan fingerprint density at radius 1 is 1.17 bits per heavy atom. The third kappa shape index (κ3) is 3.35. The Bertz CT molecular complexity index is 885. The largest absolute Gasteiger partial charge is 0.508 e. The van der Waals surface area contributed by atoms with Crippen LogP contribution in [0.3, 0.4) is 0 Å². The third-order valence-corrected chi connectivity index (χ3v) is 3.57. The molecular weight excluding hydrogens is 312 g/mol. The minimum absolute atomic E-state index is 0.0931. The van der Waals surface area contributed by atoms with Gasteiger partial charge < -0.3 is 19.9 Å². The topological polar surface area (TPSA) is 113 Å². The number of rotatable bonds is 5. The molecule has 24 heavy (non-hydrogen) atoms. The SMILES string of the molecule is O=C(NC(Cc1ccc(O)cc1)C(=O)O)c1ccc2ocnc2c1. The molecule has 0 aliphatic heterocycles. The van der Waals surface area contributed by atoms with Gasteiger partial charge in [0.25, 0.3) is 5.91 Å². The molecule has 1 amide bonds. The average Bonchev–Trinajstić information content (AvgIpc) is 3.03. The fraction of sp³-hybridized carbons (Fsp3) is 0.118. The predicted octanol–water partition coefficient (Wildman–Crippen LogP) is 1.96. The fourth-order valence-corrected chi connectivity index (χ4v) is 2.31. The zero-order valence-electron chi connectivity index (χ0n) is 12.5. The van der Waals surface area contributed by atoms with E-state index in [9.17, 15) is 19.8 Å². The highest BCUT2D eigenvalue weighted by molar-refractivity contribution is 5.98. The van der Waals surface area contributed by atoms with Crippen molar-refractivity contribution < 1.29 is 24.2 Å². The molecule has 0 bridgehead atoms. The summed E-state index contributed by atoms with van der Waals surface area (Å²) >= 11 is 0. The summed E-state index contributed by atoms with van der Waals surface area (Å²) in [5, 5.41) is 21.1. The number of fused-ring (bicyclic) bond motifs is 1. The van der Waals surface area contributed by atoms with Gasteiger partial charge in [0.15, 0.2) is 12.0 Å². The van der Waals surface area contributed by atoms with Gasteiger partial charge in [-0.2, -0.15) is 0 Å².